The van der Waals surface area contributed by atoms with Gasteiger partial charge in [-0.2, -0.15) is 5.10 Å². The molecule has 1 N–H and O–H groups in total. The Bertz CT molecular complexity index is 553. The molecule has 18 heavy (non-hydrogen) atoms. The number of aromatic nitrogens is 3. The number of nitrogens with one attached hydrogen (secondary N) is 1. The van der Waals surface area contributed by atoms with Gasteiger partial charge < -0.3 is 10.1 Å². The summed E-state index contributed by atoms with van der Waals surface area (Å²) in [7, 11) is 3.73. The molecule has 0 amide bonds. The summed E-state index contributed by atoms with van der Waals surface area (Å²) in [5, 5.41) is 7.99. The van der Waals surface area contributed by atoms with E-state index in [9.17, 15) is 0 Å². The van der Waals surface area contributed by atoms with Crippen LogP contribution in [-0.2, 0) is 13.6 Å². The Balaban J connectivity index is 2.33. The predicted octanol–water partition coefficient (Wildman–Crippen LogP) is 2.29. The van der Waals surface area contributed by atoms with E-state index < -0.39 is 0 Å². The van der Waals surface area contributed by atoms with Gasteiger partial charge in [0, 0.05) is 25.9 Å². The lowest BCUT2D eigenvalue weighted by atomic mass is 10.2. The molecule has 0 radical (unpaired) electrons. The summed E-state index contributed by atoms with van der Waals surface area (Å²) in [6, 6.07) is 1.72. The van der Waals surface area contributed by atoms with Crippen molar-refractivity contribution >= 4 is 11.6 Å². The number of hydrogen-bond donors (Lipinski definition) is 1. The summed E-state index contributed by atoms with van der Waals surface area (Å²) in [5.74, 6) is 1.30. The van der Waals surface area contributed by atoms with Gasteiger partial charge >= 0.3 is 0 Å². The lowest BCUT2D eigenvalue weighted by Crippen LogP contribution is -2.07. The van der Waals surface area contributed by atoms with E-state index in [0.717, 1.165) is 11.3 Å². The van der Waals surface area contributed by atoms with Crippen molar-refractivity contribution in [2.24, 2.45) is 7.05 Å². The number of halogens is 1. The number of aryl methyl sites for hydroxylation is 2. The van der Waals surface area contributed by atoms with Crippen LogP contribution in [0.2, 0.25) is 5.02 Å². The molecule has 2 aromatic heterocycles. The van der Waals surface area contributed by atoms with Gasteiger partial charge in [-0.15, -0.1) is 0 Å². The Kier molecular flexibility index (Phi) is 3.84. The van der Waals surface area contributed by atoms with Crippen molar-refractivity contribution in [2.45, 2.75) is 13.5 Å². The summed E-state index contributed by atoms with van der Waals surface area (Å²) >= 11 is 5.88. The van der Waals surface area contributed by atoms with Crippen molar-refractivity contribution in [3.8, 4) is 11.6 Å². The van der Waals surface area contributed by atoms with Crippen molar-refractivity contribution in [1.82, 2.24) is 20.1 Å². The molecule has 0 saturated heterocycles. The first-order valence-corrected chi connectivity index (χ1v) is 5.95. The zero-order valence-electron chi connectivity index (χ0n) is 10.6. The summed E-state index contributed by atoms with van der Waals surface area (Å²) in [6.07, 6.45) is 3.19. The first-order chi connectivity index (χ1) is 8.61. The van der Waals surface area contributed by atoms with Gasteiger partial charge in [-0.1, -0.05) is 11.6 Å². The molecular formula is C12H15ClN4O. The lowest BCUT2D eigenvalue weighted by molar-refractivity contribution is 0.423. The van der Waals surface area contributed by atoms with Crippen molar-refractivity contribution in [2.75, 3.05) is 7.05 Å². The third kappa shape index (κ3) is 2.63. The van der Waals surface area contributed by atoms with Crippen LogP contribution in [0.15, 0.2) is 18.5 Å². The van der Waals surface area contributed by atoms with E-state index in [4.69, 9.17) is 16.3 Å². The minimum Gasteiger partial charge on any atom is -0.437 e. The monoisotopic (exact) mass is 266 g/mol. The maximum Gasteiger partial charge on any atom is 0.222 e. The highest BCUT2D eigenvalue weighted by atomic mass is 35.5. The molecule has 0 aliphatic rings. The van der Waals surface area contributed by atoms with Crippen LogP contribution >= 0.6 is 11.6 Å². The van der Waals surface area contributed by atoms with E-state index in [1.54, 1.807) is 23.1 Å². The maximum absolute atomic E-state index is 5.88. The number of nitrogens with zero attached hydrogens (tertiary/aromatic N) is 3. The molecule has 6 heteroatoms. The number of hydrogen-bond acceptors (Lipinski definition) is 4. The zero-order valence-corrected chi connectivity index (χ0v) is 11.3. The van der Waals surface area contributed by atoms with Gasteiger partial charge in [0.2, 0.25) is 5.88 Å². The molecule has 2 aromatic rings. The minimum atomic E-state index is 0.543. The van der Waals surface area contributed by atoms with Gasteiger partial charge in [0.05, 0.1) is 22.5 Å². The van der Waals surface area contributed by atoms with E-state index in [1.807, 2.05) is 21.0 Å². The fourth-order valence-corrected chi connectivity index (χ4v) is 1.91. The first-order valence-electron chi connectivity index (χ1n) is 5.57. The van der Waals surface area contributed by atoms with Crippen molar-refractivity contribution in [3.63, 3.8) is 0 Å². The Morgan fingerprint density at radius 3 is 2.89 bits per heavy atom. The highest BCUT2D eigenvalue weighted by Crippen LogP contribution is 2.27. The molecule has 96 valence electrons. The average Bonchev–Trinajstić information content (AvgIpc) is 2.57. The molecule has 0 aliphatic carbocycles. The second-order valence-electron chi connectivity index (χ2n) is 3.96. The second kappa shape index (κ2) is 5.37. The second-order valence-corrected chi connectivity index (χ2v) is 4.40. The van der Waals surface area contributed by atoms with Gasteiger partial charge in [0.15, 0.2) is 0 Å². The largest absolute Gasteiger partial charge is 0.437 e. The van der Waals surface area contributed by atoms with Gasteiger partial charge in [-0.3, -0.25) is 4.98 Å². The number of rotatable bonds is 4. The molecule has 0 fully saturated rings. The smallest absolute Gasteiger partial charge is 0.222 e. The molecule has 0 unspecified atom stereocenters. The Morgan fingerprint density at radius 2 is 2.22 bits per heavy atom. The standard InChI is InChI=1S/C12H15ClN4O/c1-8-11(7-14-2)12(17(3)16-8)18-10-4-9(13)5-15-6-10/h4-6,14H,7H2,1-3H3. The van der Waals surface area contributed by atoms with Gasteiger partial charge in [-0.05, 0) is 14.0 Å². The summed E-state index contributed by atoms with van der Waals surface area (Å²) in [6.45, 7) is 2.65. The summed E-state index contributed by atoms with van der Waals surface area (Å²) in [4.78, 5) is 3.99. The first kappa shape index (κ1) is 12.9. The lowest BCUT2D eigenvalue weighted by Gasteiger charge is -2.08. The molecule has 0 atom stereocenters. The molecular weight excluding hydrogens is 252 g/mol. The molecule has 0 bridgehead atoms. The van der Waals surface area contributed by atoms with Crippen LogP contribution in [0.25, 0.3) is 0 Å². The summed E-state index contributed by atoms with van der Waals surface area (Å²) < 4.78 is 7.52. The van der Waals surface area contributed by atoms with Crippen molar-refractivity contribution in [1.29, 1.82) is 0 Å². The Labute approximate surface area is 111 Å². The number of ether oxygens (including phenoxy) is 1. The van der Waals surface area contributed by atoms with Crippen LogP contribution in [0.1, 0.15) is 11.3 Å². The van der Waals surface area contributed by atoms with Crippen LogP contribution < -0.4 is 10.1 Å². The molecule has 0 spiro atoms. The SMILES string of the molecule is CNCc1c(C)nn(C)c1Oc1cncc(Cl)c1. The van der Waals surface area contributed by atoms with Gasteiger partial charge in [0.25, 0.3) is 0 Å². The van der Waals surface area contributed by atoms with E-state index in [-0.39, 0.29) is 0 Å². The average molecular weight is 267 g/mol. The fraction of sp³-hybridized carbons (Fsp3) is 0.333. The van der Waals surface area contributed by atoms with Crippen LogP contribution in [0, 0.1) is 6.92 Å². The van der Waals surface area contributed by atoms with Gasteiger partial charge in [0.1, 0.15) is 5.75 Å². The topological polar surface area (TPSA) is 52.0 Å². The molecule has 0 saturated carbocycles. The van der Waals surface area contributed by atoms with Crippen molar-refractivity contribution < 1.29 is 4.74 Å². The molecule has 0 aromatic carbocycles. The molecule has 2 heterocycles. The highest BCUT2D eigenvalue weighted by Gasteiger charge is 2.14. The fourth-order valence-electron chi connectivity index (χ4n) is 1.75. The van der Waals surface area contributed by atoms with Crippen LogP contribution in [0.4, 0.5) is 0 Å². The van der Waals surface area contributed by atoms with E-state index in [0.29, 0.717) is 23.2 Å². The normalized spacial score (nSPS) is 10.7. The van der Waals surface area contributed by atoms with E-state index in [2.05, 4.69) is 15.4 Å². The predicted molar refractivity (Wildman–Crippen MR) is 70.0 cm³/mol. The minimum absolute atomic E-state index is 0.543. The van der Waals surface area contributed by atoms with E-state index >= 15 is 0 Å². The zero-order chi connectivity index (χ0) is 13.1. The van der Waals surface area contributed by atoms with Crippen LogP contribution in [0.5, 0.6) is 11.6 Å². The summed E-state index contributed by atoms with van der Waals surface area (Å²) in [5.41, 5.74) is 1.97. The molecule has 5 nitrogen and oxygen atoms in total. The van der Waals surface area contributed by atoms with Crippen LogP contribution in [0.3, 0.4) is 0 Å². The van der Waals surface area contributed by atoms with Gasteiger partial charge in [-0.25, -0.2) is 4.68 Å². The van der Waals surface area contributed by atoms with Crippen LogP contribution in [-0.4, -0.2) is 21.8 Å². The number of pyridine rings is 1. The quantitative estimate of drug-likeness (QED) is 0.923. The highest BCUT2D eigenvalue weighted by molar-refractivity contribution is 6.30. The van der Waals surface area contributed by atoms with E-state index in [1.165, 1.54) is 0 Å². The maximum atomic E-state index is 5.88. The third-order valence-electron chi connectivity index (χ3n) is 2.54. The Morgan fingerprint density at radius 1 is 1.44 bits per heavy atom. The third-order valence-corrected chi connectivity index (χ3v) is 2.74. The molecule has 0 aliphatic heterocycles. The Hall–Kier alpha value is -1.59. The van der Waals surface area contributed by atoms with Crippen molar-refractivity contribution in [3.05, 3.63) is 34.7 Å². The molecule has 2 rings (SSSR count).